The lowest BCUT2D eigenvalue weighted by atomic mass is 10.0. The van der Waals surface area contributed by atoms with Crippen molar-refractivity contribution in [1.29, 1.82) is 10.5 Å². The molecule has 4 rings (SSSR count). The molecule has 0 amide bonds. The molecular formula is C48H54N2O8. The van der Waals surface area contributed by atoms with Crippen LogP contribution in [0.15, 0.2) is 109 Å². The molecule has 4 aromatic carbocycles. The molecule has 0 bridgehead atoms. The van der Waals surface area contributed by atoms with Gasteiger partial charge in [0.1, 0.15) is 23.7 Å². The van der Waals surface area contributed by atoms with Crippen LogP contribution in [0.2, 0.25) is 0 Å². The molecule has 0 aliphatic heterocycles. The molecule has 0 saturated carbocycles. The standard InChI is InChI=1S/C48H54N2O8/c1-37(35-53-29-7-3-5-9-31-55-45-23-19-43(20-24-45)41-15-11-39(33-49)12-16-41)57-47(51)27-28-48(52)58-38(2)36-54-30-8-4-6-10-32-56-46-25-21-44(22-26-46)42-17-13-40(34-50)14-18-42/h11-28,37-38H,3-10,29-32,35-36H2,1-2H3/b28-27+. The van der Waals surface area contributed by atoms with Crippen LogP contribution in [0, 0.1) is 22.7 Å². The average molecular weight is 787 g/mol. The van der Waals surface area contributed by atoms with Crippen LogP contribution in [0.5, 0.6) is 11.5 Å². The van der Waals surface area contributed by atoms with E-state index in [1.165, 1.54) is 0 Å². The van der Waals surface area contributed by atoms with Crippen LogP contribution in [0.25, 0.3) is 22.3 Å². The van der Waals surface area contributed by atoms with Crippen molar-refractivity contribution in [3.63, 3.8) is 0 Å². The molecule has 0 fully saturated rings. The van der Waals surface area contributed by atoms with Crippen LogP contribution in [-0.4, -0.2) is 63.8 Å². The van der Waals surface area contributed by atoms with Crippen molar-refractivity contribution in [2.24, 2.45) is 0 Å². The fraction of sp³-hybridized carbons (Fsp3) is 0.375. The molecule has 58 heavy (non-hydrogen) atoms. The number of esters is 2. The Morgan fingerprint density at radius 3 is 1.12 bits per heavy atom. The summed E-state index contributed by atoms with van der Waals surface area (Å²) in [5.74, 6) is 0.386. The zero-order valence-corrected chi connectivity index (χ0v) is 33.6. The maximum Gasteiger partial charge on any atom is 0.331 e. The van der Waals surface area contributed by atoms with Crippen LogP contribution in [0.3, 0.4) is 0 Å². The van der Waals surface area contributed by atoms with Gasteiger partial charge >= 0.3 is 11.9 Å². The number of hydrogen-bond donors (Lipinski definition) is 0. The molecule has 4 aromatic rings. The quantitative estimate of drug-likeness (QED) is 0.0344. The summed E-state index contributed by atoms with van der Waals surface area (Å²) in [4.78, 5) is 24.3. The summed E-state index contributed by atoms with van der Waals surface area (Å²) in [6.07, 6.45) is 8.91. The van der Waals surface area contributed by atoms with Crippen LogP contribution >= 0.6 is 0 Å². The lowest BCUT2D eigenvalue weighted by Gasteiger charge is -2.13. The fourth-order valence-electron chi connectivity index (χ4n) is 5.84. The number of unbranched alkanes of at least 4 members (excludes halogenated alkanes) is 6. The molecule has 2 atom stereocenters. The van der Waals surface area contributed by atoms with E-state index in [9.17, 15) is 9.59 Å². The van der Waals surface area contributed by atoms with Crippen molar-refractivity contribution < 1.29 is 38.0 Å². The van der Waals surface area contributed by atoms with E-state index in [0.717, 1.165) is 97.3 Å². The number of benzene rings is 4. The number of ether oxygens (including phenoxy) is 6. The number of nitrogens with zero attached hydrogens (tertiary/aromatic N) is 2. The summed E-state index contributed by atoms with van der Waals surface area (Å²) >= 11 is 0. The predicted octanol–water partition coefficient (Wildman–Crippen LogP) is 9.80. The van der Waals surface area contributed by atoms with Gasteiger partial charge in [-0.25, -0.2) is 9.59 Å². The third-order valence-electron chi connectivity index (χ3n) is 9.00. The third kappa shape index (κ3) is 17.5. The van der Waals surface area contributed by atoms with Gasteiger partial charge in [0.25, 0.3) is 0 Å². The highest BCUT2D eigenvalue weighted by atomic mass is 16.6. The highest BCUT2D eigenvalue weighted by Gasteiger charge is 2.11. The Hall–Kier alpha value is -5.94. The second-order valence-electron chi connectivity index (χ2n) is 13.9. The molecule has 0 heterocycles. The Morgan fingerprint density at radius 2 is 0.793 bits per heavy atom. The SMILES string of the molecule is CC(COCCCCCCOc1ccc(-c2ccc(C#N)cc2)cc1)OC(=O)/C=C/C(=O)OC(C)COCCCCCCOc1ccc(-c2ccc(C#N)cc2)cc1. The largest absolute Gasteiger partial charge is 0.494 e. The zero-order valence-electron chi connectivity index (χ0n) is 33.6. The van der Waals surface area contributed by atoms with Crippen molar-refractivity contribution in [2.45, 2.75) is 77.4 Å². The molecule has 0 spiro atoms. The second-order valence-corrected chi connectivity index (χ2v) is 13.9. The normalized spacial score (nSPS) is 11.9. The summed E-state index contributed by atoms with van der Waals surface area (Å²) < 4.78 is 33.7. The minimum Gasteiger partial charge on any atom is -0.494 e. The lowest BCUT2D eigenvalue weighted by Crippen LogP contribution is -2.21. The van der Waals surface area contributed by atoms with Crippen LogP contribution < -0.4 is 9.47 Å². The van der Waals surface area contributed by atoms with E-state index in [-0.39, 0.29) is 13.2 Å². The van der Waals surface area contributed by atoms with Crippen molar-refractivity contribution in [3.05, 3.63) is 120 Å². The van der Waals surface area contributed by atoms with E-state index in [4.69, 9.17) is 38.9 Å². The fourth-order valence-corrected chi connectivity index (χ4v) is 5.84. The van der Waals surface area contributed by atoms with E-state index in [0.29, 0.717) is 37.6 Å². The first kappa shape index (κ1) is 44.8. The Bertz CT molecular complexity index is 1770. The van der Waals surface area contributed by atoms with Crippen LogP contribution in [0.1, 0.15) is 76.3 Å². The van der Waals surface area contributed by atoms with Gasteiger partial charge in [-0.2, -0.15) is 10.5 Å². The molecule has 0 aliphatic rings. The summed E-state index contributed by atoms with van der Waals surface area (Å²) in [6, 6.07) is 35.2. The van der Waals surface area contributed by atoms with Gasteiger partial charge < -0.3 is 28.4 Å². The Labute approximate surface area is 342 Å². The lowest BCUT2D eigenvalue weighted by molar-refractivity contribution is -0.147. The molecule has 0 N–H and O–H groups in total. The predicted molar refractivity (Wildman–Crippen MR) is 223 cm³/mol. The number of hydrogen-bond acceptors (Lipinski definition) is 10. The summed E-state index contributed by atoms with van der Waals surface area (Å²) in [6.45, 7) is 6.43. The van der Waals surface area contributed by atoms with Gasteiger partial charge in [0.15, 0.2) is 0 Å². The van der Waals surface area contributed by atoms with Crippen LogP contribution in [-0.2, 0) is 28.5 Å². The van der Waals surface area contributed by atoms with Crippen molar-refractivity contribution in [1.82, 2.24) is 0 Å². The number of carbonyl (C=O) groups is 2. The maximum absolute atomic E-state index is 12.1. The maximum atomic E-state index is 12.1. The minimum absolute atomic E-state index is 0.269. The topological polar surface area (TPSA) is 137 Å². The van der Waals surface area contributed by atoms with Gasteiger partial charge in [0, 0.05) is 25.4 Å². The van der Waals surface area contributed by atoms with Gasteiger partial charge in [-0.1, -0.05) is 61.4 Å². The molecule has 10 heteroatoms. The van der Waals surface area contributed by atoms with E-state index < -0.39 is 24.1 Å². The van der Waals surface area contributed by atoms with Crippen molar-refractivity contribution in [3.8, 4) is 45.9 Å². The Balaban J connectivity index is 0.921. The number of carbonyl (C=O) groups excluding carboxylic acids is 2. The third-order valence-corrected chi connectivity index (χ3v) is 9.00. The summed E-state index contributed by atoms with van der Waals surface area (Å²) in [5, 5.41) is 17.9. The summed E-state index contributed by atoms with van der Waals surface area (Å²) in [7, 11) is 0. The molecule has 0 saturated heterocycles. The number of rotatable bonds is 26. The van der Waals surface area contributed by atoms with Gasteiger partial charge in [-0.05, 0) is 123 Å². The van der Waals surface area contributed by atoms with Gasteiger partial charge in [-0.15, -0.1) is 0 Å². The van der Waals surface area contributed by atoms with Crippen molar-refractivity contribution >= 4 is 11.9 Å². The van der Waals surface area contributed by atoms with Crippen LogP contribution in [0.4, 0.5) is 0 Å². The van der Waals surface area contributed by atoms with Gasteiger partial charge in [0.2, 0.25) is 0 Å². The van der Waals surface area contributed by atoms with E-state index >= 15 is 0 Å². The molecule has 2 unspecified atom stereocenters. The highest BCUT2D eigenvalue weighted by molar-refractivity contribution is 5.91. The molecule has 0 radical (unpaired) electrons. The number of nitriles is 2. The first-order chi connectivity index (χ1) is 28.3. The molecule has 0 aliphatic carbocycles. The monoisotopic (exact) mass is 786 g/mol. The Kier molecular flexibility index (Phi) is 20.1. The highest BCUT2D eigenvalue weighted by Crippen LogP contribution is 2.24. The molecular weight excluding hydrogens is 733 g/mol. The van der Waals surface area contributed by atoms with E-state index in [2.05, 4.69) is 12.1 Å². The van der Waals surface area contributed by atoms with E-state index in [1.807, 2.05) is 97.1 Å². The molecule has 0 aromatic heterocycles. The van der Waals surface area contributed by atoms with Crippen molar-refractivity contribution in [2.75, 3.05) is 39.6 Å². The average Bonchev–Trinajstić information content (AvgIpc) is 3.25. The molecule has 10 nitrogen and oxygen atoms in total. The van der Waals surface area contributed by atoms with Gasteiger partial charge in [-0.3, -0.25) is 0 Å². The Morgan fingerprint density at radius 1 is 0.483 bits per heavy atom. The van der Waals surface area contributed by atoms with Gasteiger partial charge in [0.05, 0.1) is 49.7 Å². The summed E-state index contributed by atoms with van der Waals surface area (Å²) in [5.41, 5.74) is 5.55. The second kappa shape index (κ2) is 26.1. The first-order valence-electron chi connectivity index (χ1n) is 20.0. The molecule has 304 valence electrons. The smallest absolute Gasteiger partial charge is 0.331 e. The zero-order chi connectivity index (χ0) is 41.2. The van der Waals surface area contributed by atoms with E-state index in [1.54, 1.807) is 13.8 Å². The minimum atomic E-state index is -0.635. The first-order valence-corrected chi connectivity index (χ1v) is 20.0.